The molecule has 104 valence electrons. The van der Waals surface area contributed by atoms with Crippen molar-refractivity contribution in [2.45, 2.75) is 0 Å². The monoisotopic (exact) mass is 280 g/mol. The highest BCUT2D eigenvalue weighted by Gasteiger charge is 2.16. The van der Waals surface area contributed by atoms with Gasteiger partial charge >= 0.3 is 5.97 Å². The number of imidazole rings is 1. The first-order chi connectivity index (χ1) is 10.2. The second-order valence-electron chi connectivity index (χ2n) is 4.48. The number of pyridine rings is 1. The highest BCUT2D eigenvalue weighted by Crippen LogP contribution is 2.13. The molecular formula is C16H12N2O3. The van der Waals surface area contributed by atoms with E-state index in [9.17, 15) is 9.59 Å². The van der Waals surface area contributed by atoms with Crippen LogP contribution >= 0.6 is 0 Å². The molecule has 2 heterocycles. The number of hydrogen-bond acceptors (Lipinski definition) is 4. The van der Waals surface area contributed by atoms with Crippen LogP contribution in [-0.4, -0.2) is 28.2 Å². The molecule has 0 aliphatic rings. The lowest BCUT2D eigenvalue weighted by atomic mass is 10.1. The molecule has 0 atom stereocenters. The number of rotatable bonds is 3. The van der Waals surface area contributed by atoms with Gasteiger partial charge in [0.1, 0.15) is 0 Å². The van der Waals surface area contributed by atoms with Crippen molar-refractivity contribution in [3.63, 3.8) is 0 Å². The molecule has 5 heteroatoms. The van der Waals surface area contributed by atoms with Crippen LogP contribution in [0.15, 0.2) is 54.9 Å². The lowest BCUT2D eigenvalue weighted by molar-refractivity contribution is 0.0600. The minimum absolute atomic E-state index is 0.244. The Hall–Kier alpha value is -2.95. The Balaban J connectivity index is 2.04. The summed E-state index contributed by atoms with van der Waals surface area (Å²) < 4.78 is 6.38. The molecular weight excluding hydrogens is 268 g/mol. The van der Waals surface area contributed by atoms with Crippen LogP contribution < -0.4 is 0 Å². The summed E-state index contributed by atoms with van der Waals surface area (Å²) in [6.07, 6.45) is 3.41. The zero-order valence-electron chi connectivity index (χ0n) is 11.3. The Morgan fingerprint density at radius 2 is 1.90 bits per heavy atom. The van der Waals surface area contributed by atoms with E-state index in [0.29, 0.717) is 17.0 Å². The first-order valence-electron chi connectivity index (χ1n) is 6.36. The standard InChI is InChI=1S/C16H12N2O3/c1-21-16(20)12-6-4-5-11(9-12)14(19)15-17-10-13-7-2-3-8-18(13)15/h2-10H,1H3. The summed E-state index contributed by atoms with van der Waals surface area (Å²) in [7, 11) is 1.30. The van der Waals surface area contributed by atoms with Crippen molar-refractivity contribution in [1.29, 1.82) is 0 Å². The summed E-state index contributed by atoms with van der Waals surface area (Å²) in [5, 5.41) is 0. The molecule has 0 saturated heterocycles. The van der Waals surface area contributed by atoms with E-state index in [1.807, 2.05) is 18.2 Å². The third kappa shape index (κ3) is 2.29. The van der Waals surface area contributed by atoms with E-state index in [0.717, 1.165) is 5.52 Å². The van der Waals surface area contributed by atoms with E-state index in [4.69, 9.17) is 0 Å². The lowest BCUT2D eigenvalue weighted by Gasteiger charge is -2.03. The number of aromatic nitrogens is 2. The topological polar surface area (TPSA) is 60.7 Å². The SMILES string of the molecule is COC(=O)c1cccc(C(=O)c2ncc3ccccn23)c1. The minimum Gasteiger partial charge on any atom is -0.465 e. The number of esters is 1. The summed E-state index contributed by atoms with van der Waals surface area (Å²) in [6, 6.07) is 12.0. The third-order valence-electron chi connectivity index (χ3n) is 3.19. The van der Waals surface area contributed by atoms with E-state index in [2.05, 4.69) is 9.72 Å². The van der Waals surface area contributed by atoms with E-state index in [-0.39, 0.29) is 5.78 Å². The number of ether oxygens (including phenoxy) is 1. The van der Waals surface area contributed by atoms with Gasteiger partial charge in [0.2, 0.25) is 5.78 Å². The normalized spacial score (nSPS) is 10.5. The van der Waals surface area contributed by atoms with Crippen molar-refractivity contribution in [2.75, 3.05) is 7.11 Å². The highest BCUT2D eigenvalue weighted by atomic mass is 16.5. The van der Waals surface area contributed by atoms with E-state index >= 15 is 0 Å². The Morgan fingerprint density at radius 3 is 2.71 bits per heavy atom. The van der Waals surface area contributed by atoms with Crippen molar-refractivity contribution in [2.24, 2.45) is 0 Å². The van der Waals surface area contributed by atoms with Crippen LogP contribution in [0.2, 0.25) is 0 Å². The fraction of sp³-hybridized carbons (Fsp3) is 0.0625. The lowest BCUT2D eigenvalue weighted by Crippen LogP contribution is -2.09. The maximum Gasteiger partial charge on any atom is 0.337 e. The molecule has 0 amide bonds. The molecule has 0 bridgehead atoms. The Labute approximate surface area is 120 Å². The summed E-state index contributed by atoms with van der Waals surface area (Å²) in [5.74, 6) is -0.405. The van der Waals surface area contributed by atoms with Crippen molar-refractivity contribution < 1.29 is 14.3 Å². The van der Waals surface area contributed by atoms with Crippen molar-refractivity contribution in [3.05, 3.63) is 71.8 Å². The molecule has 21 heavy (non-hydrogen) atoms. The predicted molar refractivity (Wildman–Crippen MR) is 76.4 cm³/mol. The second kappa shape index (κ2) is 5.20. The molecule has 0 spiro atoms. The third-order valence-corrected chi connectivity index (χ3v) is 3.19. The molecule has 0 aliphatic carbocycles. The second-order valence-corrected chi connectivity index (χ2v) is 4.48. The quantitative estimate of drug-likeness (QED) is 0.546. The molecule has 3 aromatic rings. The number of fused-ring (bicyclic) bond motifs is 1. The molecule has 1 aromatic carbocycles. The predicted octanol–water partition coefficient (Wildman–Crippen LogP) is 2.35. The Morgan fingerprint density at radius 1 is 1.10 bits per heavy atom. The summed E-state index contributed by atoms with van der Waals surface area (Å²) >= 11 is 0. The van der Waals surface area contributed by atoms with E-state index in [1.54, 1.807) is 35.0 Å². The molecule has 0 unspecified atom stereocenters. The molecule has 0 radical (unpaired) electrons. The van der Waals surface area contributed by atoms with Gasteiger partial charge in [-0.25, -0.2) is 9.78 Å². The van der Waals surface area contributed by atoms with Crippen LogP contribution in [-0.2, 0) is 4.74 Å². The molecule has 3 rings (SSSR count). The summed E-state index contributed by atoms with van der Waals surface area (Å²) in [5.41, 5.74) is 1.57. The Kier molecular flexibility index (Phi) is 3.23. The van der Waals surface area contributed by atoms with Gasteiger partial charge in [-0.3, -0.25) is 9.20 Å². The molecule has 0 fully saturated rings. The van der Waals surface area contributed by atoms with Crippen molar-refractivity contribution >= 4 is 17.3 Å². The number of hydrogen-bond donors (Lipinski definition) is 0. The highest BCUT2D eigenvalue weighted by molar-refractivity contribution is 6.08. The van der Waals surface area contributed by atoms with Gasteiger partial charge in [-0.05, 0) is 24.3 Å². The van der Waals surface area contributed by atoms with Gasteiger partial charge in [0.25, 0.3) is 0 Å². The number of carbonyl (C=O) groups excluding carboxylic acids is 2. The van der Waals surface area contributed by atoms with Crippen LogP contribution in [0.25, 0.3) is 5.52 Å². The van der Waals surface area contributed by atoms with Gasteiger partial charge in [0, 0.05) is 11.8 Å². The van der Waals surface area contributed by atoms with Crippen LogP contribution in [0.3, 0.4) is 0 Å². The summed E-state index contributed by atoms with van der Waals surface area (Å²) in [4.78, 5) is 28.2. The molecule has 0 aliphatic heterocycles. The van der Waals surface area contributed by atoms with Crippen molar-refractivity contribution in [1.82, 2.24) is 9.38 Å². The smallest absolute Gasteiger partial charge is 0.337 e. The fourth-order valence-corrected chi connectivity index (χ4v) is 2.15. The number of carbonyl (C=O) groups is 2. The number of ketones is 1. The van der Waals surface area contributed by atoms with Gasteiger partial charge in [-0.1, -0.05) is 18.2 Å². The van der Waals surface area contributed by atoms with E-state index in [1.165, 1.54) is 13.2 Å². The van der Waals surface area contributed by atoms with Gasteiger partial charge in [0.15, 0.2) is 5.82 Å². The first-order valence-corrected chi connectivity index (χ1v) is 6.36. The van der Waals surface area contributed by atoms with Gasteiger partial charge in [0.05, 0.1) is 24.4 Å². The van der Waals surface area contributed by atoms with Gasteiger partial charge in [-0.15, -0.1) is 0 Å². The molecule has 0 saturated carbocycles. The summed E-state index contributed by atoms with van der Waals surface area (Å²) in [6.45, 7) is 0. The van der Waals surface area contributed by atoms with Crippen LogP contribution in [0.5, 0.6) is 0 Å². The van der Waals surface area contributed by atoms with Gasteiger partial charge < -0.3 is 4.74 Å². The van der Waals surface area contributed by atoms with E-state index < -0.39 is 5.97 Å². The van der Waals surface area contributed by atoms with Crippen LogP contribution in [0.4, 0.5) is 0 Å². The van der Waals surface area contributed by atoms with Crippen molar-refractivity contribution in [3.8, 4) is 0 Å². The first kappa shape index (κ1) is 13.1. The maximum atomic E-state index is 12.5. The molecule has 0 N–H and O–H groups in total. The molecule has 2 aromatic heterocycles. The van der Waals surface area contributed by atoms with Crippen LogP contribution in [0.1, 0.15) is 26.5 Å². The zero-order valence-corrected chi connectivity index (χ0v) is 11.3. The largest absolute Gasteiger partial charge is 0.465 e. The fourth-order valence-electron chi connectivity index (χ4n) is 2.15. The average Bonchev–Trinajstić information content (AvgIpc) is 2.97. The number of benzene rings is 1. The Bertz CT molecular complexity index is 836. The maximum absolute atomic E-state index is 12.5. The van der Waals surface area contributed by atoms with Crippen LogP contribution in [0, 0.1) is 0 Å². The number of nitrogens with zero attached hydrogens (tertiary/aromatic N) is 2. The molecule has 5 nitrogen and oxygen atoms in total. The zero-order chi connectivity index (χ0) is 14.8. The van der Waals surface area contributed by atoms with Gasteiger partial charge in [-0.2, -0.15) is 0 Å². The number of methoxy groups -OCH3 is 1. The minimum atomic E-state index is -0.474. The average molecular weight is 280 g/mol.